The number of anilines is 1. The van der Waals surface area contributed by atoms with E-state index in [1.54, 1.807) is 19.1 Å². The fourth-order valence-corrected chi connectivity index (χ4v) is 2.73. The van der Waals surface area contributed by atoms with Gasteiger partial charge in [0.25, 0.3) is 5.91 Å². The fraction of sp³-hybridized carbons (Fsp3) is 0.500. The van der Waals surface area contributed by atoms with Crippen molar-refractivity contribution in [3.63, 3.8) is 0 Å². The van der Waals surface area contributed by atoms with Gasteiger partial charge in [-0.2, -0.15) is 0 Å². The van der Waals surface area contributed by atoms with Crippen molar-refractivity contribution in [1.82, 2.24) is 4.90 Å². The number of nitrogens with zero attached hydrogens (tertiary/aromatic N) is 1. The van der Waals surface area contributed by atoms with Crippen molar-refractivity contribution in [3.05, 3.63) is 29.6 Å². The minimum absolute atomic E-state index is 0.0698. The molecule has 114 valence electrons. The monoisotopic (exact) mass is 292 g/mol. The van der Waals surface area contributed by atoms with Crippen LogP contribution in [0.4, 0.5) is 10.1 Å². The fourth-order valence-electron chi connectivity index (χ4n) is 2.73. The van der Waals surface area contributed by atoms with Crippen LogP contribution in [-0.2, 0) is 9.59 Å². The Hall–Kier alpha value is -1.91. The van der Waals surface area contributed by atoms with Gasteiger partial charge in [-0.3, -0.25) is 14.5 Å². The topological polar surface area (TPSA) is 49.4 Å². The van der Waals surface area contributed by atoms with Crippen LogP contribution >= 0.6 is 0 Å². The van der Waals surface area contributed by atoms with Crippen molar-refractivity contribution >= 4 is 17.5 Å². The number of hydrogen-bond acceptors (Lipinski definition) is 3. The standard InChI is InChI=1S/C16H21FN2O2/c1-4-11(5-2)19-15(20)9-14(16(19)21)18-13-7-6-10(3)8-12(13)17/h6-8,11,14,18H,4-5,9H2,1-3H3. The Morgan fingerprint density at radius 3 is 2.57 bits per heavy atom. The van der Waals surface area contributed by atoms with Crippen LogP contribution in [0.5, 0.6) is 0 Å². The number of aryl methyl sites for hydroxylation is 1. The van der Waals surface area contributed by atoms with Crippen LogP contribution in [0, 0.1) is 12.7 Å². The van der Waals surface area contributed by atoms with Crippen molar-refractivity contribution in [2.45, 2.75) is 52.1 Å². The first kappa shape index (κ1) is 15.5. The number of imide groups is 1. The van der Waals surface area contributed by atoms with E-state index in [1.807, 2.05) is 13.8 Å². The number of nitrogens with one attached hydrogen (secondary N) is 1. The Kier molecular flexibility index (Phi) is 4.60. The zero-order chi connectivity index (χ0) is 15.6. The summed E-state index contributed by atoms with van der Waals surface area (Å²) in [4.78, 5) is 25.8. The van der Waals surface area contributed by atoms with E-state index >= 15 is 0 Å². The van der Waals surface area contributed by atoms with E-state index in [4.69, 9.17) is 0 Å². The maximum absolute atomic E-state index is 13.8. The number of carbonyl (C=O) groups is 2. The van der Waals surface area contributed by atoms with Gasteiger partial charge in [0.15, 0.2) is 0 Å². The highest BCUT2D eigenvalue weighted by Crippen LogP contribution is 2.24. The number of amides is 2. The lowest BCUT2D eigenvalue weighted by molar-refractivity contribution is -0.141. The van der Waals surface area contributed by atoms with Crippen molar-refractivity contribution < 1.29 is 14.0 Å². The zero-order valence-electron chi connectivity index (χ0n) is 12.6. The predicted molar refractivity (Wildman–Crippen MR) is 79.4 cm³/mol. The number of rotatable bonds is 5. The van der Waals surface area contributed by atoms with Crippen LogP contribution in [0.2, 0.25) is 0 Å². The van der Waals surface area contributed by atoms with Gasteiger partial charge in [0, 0.05) is 6.04 Å². The average molecular weight is 292 g/mol. The van der Waals surface area contributed by atoms with Crippen LogP contribution in [0.25, 0.3) is 0 Å². The molecule has 1 fully saturated rings. The minimum Gasteiger partial charge on any atom is -0.371 e. The molecule has 1 aliphatic rings. The van der Waals surface area contributed by atoms with Crippen LogP contribution in [0.3, 0.4) is 0 Å². The lowest BCUT2D eigenvalue weighted by atomic mass is 10.1. The molecule has 1 unspecified atom stereocenters. The molecule has 1 atom stereocenters. The van der Waals surface area contributed by atoms with Crippen LogP contribution < -0.4 is 5.32 Å². The summed E-state index contributed by atoms with van der Waals surface area (Å²) in [6, 6.07) is 4.03. The number of carbonyl (C=O) groups excluding carboxylic acids is 2. The Labute approximate surface area is 124 Å². The van der Waals surface area contributed by atoms with Crippen LogP contribution in [0.1, 0.15) is 38.7 Å². The molecular weight excluding hydrogens is 271 g/mol. The Bertz CT molecular complexity index is 555. The molecule has 1 aliphatic heterocycles. The van der Waals surface area contributed by atoms with Crippen molar-refractivity contribution in [2.24, 2.45) is 0 Å². The van der Waals surface area contributed by atoms with E-state index in [-0.39, 0.29) is 30.0 Å². The summed E-state index contributed by atoms with van der Waals surface area (Å²) in [5.41, 5.74) is 1.07. The quantitative estimate of drug-likeness (QED) is 0.849. The molecule has 1 aromatic rings. The summed E-state index contributed by atoms with van der Waals surface area (Å²) in [5, 5.41) is 2.86. The van der Waals surface area contributed by atoms with Gasteiger partial charge in [-0.05, 0) is 37.5 Å². The van der Waals surface area contributed by atoms with E-state index in [1.165, 1.54) is 11.0 Å². The normalized spacial score (nSPS) is 18.7. The summed E-state index contributed by atoms with van der Waals surface area (Å²) in [6.45, 7) is 5.70. The molecule has 0 aliphatic carbocycles. The predicted octanol–water partition coefficient (Wildman–Crippen LogP) is 2.86. The van der Waals surface area contributed by atoms with E-state index in [9.17, 15) is 14.0 Å². The first-order chi connectivity index (χ1) is 9.97. The van der Waals surface area contributed by atoms with Gasteiger partial charge in [0.1, 0.15) is 11.9 Å². The third kappa shape index (κ3) is 3.06. The van der Waals surface area contributed by atoms with E-state index < -0.39 is 11.9 Å². The molecule has 21 heavy (non-hydrogen) atoms. The van der Waals surface area contributed by atoms with Crippen LogP contribution in [0.15, 0.2) is 18.2 Å². The summed E-state index contributed by atoms with van der Waals surface area (Å²) in [7, 11) is 0. The number of hydrogen-bond donors (Lipinski definition) is 1. The van der Waals surface area contributed by atoms with E-state index in [0.29, 0.717) is 0 Å². The molecule has 1 N–H and O–H groups in total. The summed E-state index contributed by atoms with van der Waals surface area (Å²) >= 11 is 0. The molecule has 2 amide bonds. The van der Waals surface area contributed by atoms with E-state index in [2.05, 4.69) is 5.32 Å². The Morgan fingerprint density at radius 1 is 1.33 bits per heavy atom. The zero-order valence-corrected chi connectivity index (χ0v) is 12.6. The average Bonchev–Trinajstić information content (AvgIpc) is 2.71. The molecule has 5 heteroatoms. The molecule has 0 aromatic heterocycles. The number of halogens is 1. The third-order valence-electron chi connectivity index (χ3n) is 3.94. The molecular formula is C16H21FN2O2. The number of likely N-dealkylation sites (tertiary alicyclic amines) is 1. The Morgan fingerprint density at radius 2 is 2.00 bits per heavy atom. The Balaban J connectivity index is 2.15. The van der Waals surface area contributed by atoms with Crippen molar-refractivity contribution in [1.29, 1.82) is 0 Å². The summed E-state index contributed by atoms with van der Waals surface area (Å²) < 4.78 is 13.8. The molecule has 1 saturated heterocycles. The second-order valence-electron chi connectivity index (χ2n) is 5.46. The highest BCUT2D eigenvalue weighted by Gasteiger charge is 2.41. The molecule has 1 aromatic carbocycles. The molecule has 4 nitrogen and oxygen atoms in total. The van der Waals surface area contributed by atoms with Gasteiger partial charge >= 0.3 is 0 Å². The largest absolute Gasteiger partial charge is 0.371 e. The first-order valence-electron chi connectivity index (χ1n) is 7.36. The molecule has 0 spiro atoms. The highest BCUT2D eigenvalue weighted by molar-refractivity contribution is 6.07. The SMILES string of the molecule is CCC(CC)N1C(=O)CC(Nc2ccc(C)cc2F)C1=O. The number of benzene rings is 1. The summed E-state index contributed by atoms with van der Waals surface area (Å²) in [5.74, 6) is -0.844. The second-order valence-corrected chi connectivity index (χ2v) is 5.46. The van der Waals surface area contributed by atoms with Gasteiger partial charge in [0.2, 0.25) is 5.91 Å². The smallest absolute Gasteiger partial charge is 0.252 e. The second kappa shape index (κ2) is 6.24. The van der Waals surface area contributed by atoms with Gasteiger partial charge in [-0.15, -0.1) is 0 Å². The van der Waals surface area contributed by atoms with Crippen molar-refractivity contribution in [2.75, 3.05) is 5.32 Å². The lowest BCUT2D eigenvalue weighted by Gasteiger charge is -2.24. The van der Waals surface area contributed by atoms with Gasteiger partial charge in [-0.25, -0.2) is 4.39 Å². The van der Waals surface area contributed by atoms with Crippen molar-refractivity contribution in [3.8, 4) is 0 Å². The maximum Gasteiger partial charge on any atom is 0.252 e. The maximum atomic E-state index is 13.8. The van der Waals surface area contributed by atoms with Crippen LogP contribution in [-0.4, -0.2) is 28.8 Å². The molecule has 1 heterocycles. The lowest BCUT2D eigenvalue weighted by Crippen LogP contribution is -2.41. The molecule has 0 bridgehead atoms. The third-order valence-corrected chi connectivity index (χ3v) is 3.94. The van der Waals surface area contributed by atoms with Gasteiger partial charge < -0.3 is 5.32 Å². The minimum atomic E-state index is -0.671. The summed E-state index contributed by atoms with van der Waals surface area (Å²) in [6.07, 6.45) is 1.56. The van der Waals surface area contributed by atoms with E-state index in [0.717, 1.165) is 18.4 Å². The molecule has 2 rings (SSSR count). The van der Waals surface area contributed by atoms with Gasteiger partial charge in [-0.1, -0.05) is 19.9 Å². The molecule has 0 radical (unpaired) electrons. The first-order valence-corrected chi connectivity index (χ1v) is 7.36. The molecule has 0 saturated carbocycles. The highest BCUT2D eigenvalue weighted by atomic mass is 19.1. The van der Waals surface area contributed by atoms with Gasteiger partial charge in [0.05, 0.1) is 12.1 Å².